The van der Waals surface area contributed by atoms with Gasteiger partial charge in [0.15, 0.2) is 0 Å². The lowest BCUT2D eigenvalue weighted by Crippen LogP contribution is -2.20. The van der Waals surface area contributed by atoms with Gasteiger partial charge in [-0.2, -0.15) is 0 Å². The molecule has 8 nitrogen and oxygen atoms in total. The monoisotopic (exact) mass is 374 g/mol. The normalized spacial score (nSPS) is 11.2. The molecule has 0 aliphatic rings. The molecule has 0 spiro atoms. The summed E-state index contributed by atoms with van der Waals surface area (Å²) in [6, 6.07) is 0. The zero-order chi connectivity index (χ0) is 21.0. The van der Waals surface area contributed by atoms with E-state index in [1.54, 1.807) is 0 Å². The summed E-state index contributed by atoms with van der Waals surface area (Å²) < 4.78 is 0. The fourth-order valence-electron chi connectivity index (χ4n) is 2.06. The number of primary amides is 2. The second-order valence-electron chi connectivity index (χ2n) is 8.05. The summed E-state index contributed by atoms with van der Waals surface area (Å²) in [5, 5.41) is 16.9. The van der Waals surface area contributed by atoms with Crippen LogP contribution in [-0.2, 0) is 19.2 Å². The largest absolute Gasteiger partial charge is 0.481 e. The molecule has 0 aromatic carbocycles. The van der Waals surface area contributed by atoms with Gasteiger partial charge in [-0.3, -0.25) is 19.2 Å². The van der Waals surface area contributed by atoms with Crippen LogP contribution in [0.5, 0.6) is 0 Å². The molecule has 0 radical (unpaired) electrons. The van der Waals surface area contributed by atoms with Crippen molar-refractivity contribution in [1.29, 1.82) is 0 Å². The summed E-state index contributed by atoms with van der Waals surface area (Å²) in [4.78, 5) is 41.6. The molecule has 0 unspecified atom stereocenters. The Morgan fingerprint density at radius 1 is 0.615 bits per heavy atom. The van der Waals surface area contributed by atoms with E-state index in [9.17, 15) is 19.2 Å². The topological polar surface area (TPSA) is 161 Å². The smallest absolute Gasteiger partial charge is 0.303 e. The molecule has 152 valence electrons. The van der Waals surface area contributed by atoms with Crippen LogP contribution >= 0.6 is 0 Å². The first-order valence-corrected chi connectivity index (χ1v) is 8.67. The number of nitrogens with two attached hydrogens (primary N) is 2. The first-order valence-electron chi connectivity index (χ1n) is 8.67. The molecule has 0 atom stereocenters. The molecule has 0 rings (SSSR count). The van der Waals surface area contributed by atoms with E-state index in [-0.39, 0.29) is 35.5 Å². The van der Waals surface area contributed by atoms with Gasteiger partial charge in [0.1, 0.15) is 0 Å². The minimum Gasteiger partial charge on any atom is -0.481 e. The lowest BCUT2D eigenvalue weighted by molar-refractivity contribution is -0.137. The van der Waals surface area contributed by atoms with Gasteiger partial charge in [-0.1, -0.05) is 27.7 Å². The van der Waals surface area contributed by atoms with Gasteiger partial charge in [-0.25, -0.2) is 0 Å². The van der Waals surface area contributed by atoms with E-state index in [1.807, 2.05) is 27.7 Å². The highest BCUT2D eigenvalue weighted by atomic mass is 16.4. The summed E-state index contributed by atoms with van der Waals surface area (Å²) >= 11 is 0. The first-order chi connectivity index (χ1) is 11.7. The number of aliphatic carboxylic acids is 2. The Hall–Kier alpha value is -2.12. The third-order valence-electron chi connectivity index (χ3n) is 4.13. The van der Waals surface area contributed by atoms with E-state index < -0.39 is 11.9 Å². The van der Waals surface area contributed by atoms with Crippen LogP contribution in [0.4, 0.5) is 0 Å². The van der Waals surface area contributed by atoms with Gasteiger partial charge in [-0.05, 0) is 36.5 Å². The van der Waals surface area contributed by atoms with Crippen LogP contribution in [-0.4, -0.2) is 34.0 Å². The number of amides is 2. The Balaban J connectivity index is 0. The third-order valence-corrected chi connectivity index (χ3v) is 4.13. The van der Waals surface area contributed by atoms with E-state index in [0.29, 0.717) is 38.5 Å². The molecule has 26 heavy (non-hydrogen) atoms. The Morgan fingerprint density at radius 3 is 1.04 bits per heavy atom. The minimum atomic E-state index is -0.830. The predicted octanol–water partition coefficient (Wildman–Crippen LogP) is 2.29. The zero-order valence-electron chi connectivity index (χ0n) is 16.3. The number of carbonyl (C=O) groups excluding carboxylic acids is 2. The average Bonchev–Trinajstić information content (AvgIpc) is 2.48. The Morgan fingerprint density at radius 2 is 0.846 bits per heavy atom. The van der Waals surface area contributed by atoms with Crippen LogP contribution < -0.4 is 11.5 Å². The zero-order valence-corrected chi connectivity index (χ0v) is 16.3. The van der Waals surface area contributed by atoms with Crippen LogP contribution in [0, 0.1) is 10.8 Å². The second-order valence-corrected chi connectivity index (χ2v) is 8.05. The average molecular weight is 374 g/mol. The molecule has 0 bridgehead atoms. The highest BCUT2D eigenvalue weighted by molar-refractivity contribution is 5.74. The van der Waals surface area contributed by atoms with Crippen LogP contribution in [0.1, 0.15) is 79.1 Å². The minimum absolute atomic E-state index is 0.0376. The van der Waals surface area contributed by atoms with Crippen molar-refractivity contribution in [3.63, 3.8) is 0 Å². The molecular formula is C18H34N2O6. The van der Waals surface area contributed by atoms with Gasteiger partial charge < -0.3 is 21.7 Å². The number of carboxylic acids is 2. The maximum atomic E-state index is 10.5. The van der Waals surface area contributed by atoms with Crippen LogP contribution in [0.3, 0.4) is 0 Å². The van der Waals surface area contributed by atoms with Gasteiger partial charge in [0.2, 0.25) is 11.8 Å². The molecule has 0 saturated heterocycles. The van der Waals surface area contributed by atoms with E-state index >= 15 is 0 Å². The lowest BCUT2D eigenvalue weighted by atomic mass is 9.83. The first kappa shape index (κ1) is 26.1. The summed E-state index contributed by atoms with van der Waals surface area (Å²) in [5.74, 6) is -2.26. The summed E-state index contributed by atoms with van der Waals surface area (Å²) in [5.41, 5.74) is 9.81. The maximum absolute atomic E-state index is 10.5. The fourth-order valence-corrected chi connectivity index (χ4v) is 2.06. The standard InChI is InChI=1S/C9H18N2O2.C9H16O4/c1-9(2,5-3-7(10)12)6-4-8(11)13;1-9(2,5-3-7(10)11)6-4-8(12)13/h3-6H2,1-2H3,(H2,10,12)(H2,11,13);3-6H2,1-2H3,(H,10,11)(H,12,13). The number of carbonyl (C=O) groups is 4. The van der Waals surface area contributed by atoms with Gasteiger partial charge in [0, 0.05) is 25.7 Å². The van der Waals surface area contributed by atoms with Crippen molar-refractivity contribution < 1.29 is 29.4 Å². The molecule has 6 N–H and O–H groups in total. The molecule has 8 heteroatoms. The summed E-state index contributed by atoms with van der Waals surface area (Å²) in [7, 11) is 0. The molecule has 0 aliphatic heterocycles. The van der Waals surface area contributed by atoms with Crippen molar-refractivity contribution in [2.75, 3.05) is 0 Å². The molecule has 0 saturated carbocycles. The second kappa shape index (κ2) is 12.3. The molecule has 0 aromatic heterocycles. The van der Waals surface area contributed by atoms with Crippen molar-refractivity contribution in [3.05, 3.63) is 0 Å². The molecular weight excluding hydrogens is 340 g/mol. The van der Waals surface area contributed by atoms with Crippen LogP contribution in [0.2, 0.25) is 0 Å². The van der Waals surface area contributed by atoms with E-state index in [4.69, 9.17) is 21.7 Å². The predicted molar refractivity (Wildman–Crippen MR) is 98.2 cm³/mol. The van der Waals surface area contributed by atoms with Crippen molar-refractivity contribution in [2.24, 2.45) is 22.3 Å². The Kier molecular flexibility index (Phi) is 12.3. The highest BCUT2D eigenvalue weighted by Crippen LogP contribution is 2.28. The van der Waals surface area contributed by atoms with E-state index in [2.05, 4.69) is 0 Å². The molecule has 0 aliphatic carbocycles. The quantitative estimate of drug-likeness (QED) is 0.410. The van der Waals surface area contributed by atoms with Gasteiger partial charge >= 0.3 is 11.9 Å². The molecule has 2 amide bonds. The number of carboxylic acid groups (broad SMARTS) is 2. The Bertz CT molecular complexity index is 402. The lowest BCUT2D eigenvalue weighted by Gasteiger charge is -2.22. The van der Waals surface area contributed by atoms with Crippen LogP contribution in [0.15, 0.2) is 0 Å². The van der Waals surface area contributed by atoms with E-state index in [1.165, 1.54) is 0 Å². The van der Waals surface area contributed by atoms with E-state index in [0.717, 1.165) is 0 Å². The SMILES string of the molecule is CC(C)(CCC(=O)O)CCC(=O)O.CC(C)(CCC(N)=O)CCC(N)=O. The number of hydrogen-bond donors (Lipinski definition) is 4. The van der Waals surface area contributed by atoms with Crippen molar-refractivity contribution in [3.8, 4) is 0 Å². The maximum Gasteiger partial charge on any atom is 0.303 e. The Labute approximate surface area is 155 Å². The van der Waals surface area contributed by atoms with Crippen molar-refractivity contribution in [2.45, 2.75) is 79.1 Å². The third kappa shape index (κ3) is 19.9. The molecule has 0 aromatic rings. The number of rotatable bonds is 12. The summed E-state index contributed by atoms with van der Waals surface area (Å²) in [6.07, 6.45) is 3.40. The van der Waals surface area contributed by atoms with Crippen LogP contribution in [0.25, 0.3) is 0 Å². The highest BCUT2D eigenvalue weighted by Gasteiger charge is 2.20. The fraction of sp³-hybridized carbons (Fsp3) is 0.778. The van der Waals surface area contributed by atoms with Crippen molar-refractivity contribution in [1.82, 2.24) is 0 Å². The number of hydrogen-bond acceptors (Lipinski definition) is 4. The van der Waals surface area contributed by atoms with Gasteiger partial charge in [0.05, 0.1) is 0 Å². The molecule has 0 fully saturated rings. The van der Waals surface area contributed by atoms with Crippen molar-refractivity contribution >= 4 is 23.8 Å². The van der Waals surface area contributed by atoms with Gasteiger partial charge in [-0.15, -0.1) is 0 Å². The summed E-state index contributed by atoms with van der Waals surface area (Å²) in [6.45, 7) is 7.77. The van der Waals surface area contributed by atoms with Gasteiger partial charge in [0.25, 0.3) is 0 Å². The molecule has 0 heterocycles.